The van der Waals surface area contributed by atoms with Crippen molar-refractivity contribution in [3.8, 4) is 0 Å². The normalized spacial score (nSPS) is 34.3. The Kier molecular flexibility index (Phi) is 5.27. The number of nitrogens with zero attached hydrogens (tertiary/aromatic N) is 1. The van der Waals surface area contributed by atoms with Crippen LogP contribution in [0.3, 0.4) is 0 Å². The summed E-state index contributed by atoms with van der Waals surface area (Å²) >= 11 is 0. The zero-order valence-corrected chi connectivity index (χ0v) is 12.7. The summed E-state index contributed by atoms with van der Waals surface area (Å²) in [7, 11) is 2.17. The Bertz CT molecular complexity index is 274. The van der Waals surface area contributed by atoms with Crippen LogP contribution in [0.1, 0.15) is 64.2 Å². The van der Waals surface area contributed by atoms with Crippen LogP contribution in [0, 0.1) is 5.41 Å². The standard InChI is InChI=1S/C16H32N2O/c1-18-12-7-10-16(19,11-13-18)15(14-17)8-5-3-2-4-6-9-15/h19H,2-14,17H2,1H3. The number of aliphatic hydroxyl groups is 1. The summed E-state index contributed by atoms with van der Waals surface area (Å²) in [5, 5.41) is 11.4. The second-order valence-electron chi connectivity index (χ2n) is 6.94. The van der Waals surface area contributed by atoms with E-state index in [-0.39, 0.29) is 5.41 Å². The van der Waals surface area contributed by atoms with Crippen molar-refractivity contribution in [1.29, 1.82) is 0 Å². The van der Waals surface area contributed by atoms with Crippen molar-refractivity contribution in [3.63, 3.8) is 0 Å². The lowest BCUT2D eigenvalue weighted by molar-refractivity contribution is -0.103. The molecule has 1 aliphatic carbocycles. The third-order valence-corrected chi connectivity index (χ3v) is 5.73. The molecule has 0 aromatic carbocycles. The van der Waals surface area contributed by atoms with Gasteiger partial charge in [-0.1, -0.05) is 32.1 Å². The van der Waals surface area contributed by atoms with Crippen LogP contribution in [-0.4, -0.2) is 42.3 Å². The average Bonchev–Trinajstić information content (AvgIpc) is 2.53. The molecule has 1 aliphatic heterocycles. The van der Waals surface area contributed by atoms with Crippen molar-refractivity contribution in [1.82, 2.24) is 4.90 Å². The molecule has 19 heavy (non-hydrogen) atoms. The summed E-state index contributed by atoms with van der Waals surface area (Å²) in [6.45, 7) is 2.79. The van der Waals surface area contributed by atoms with Gasteiger partial charge in [-0.05, 0) is 45.7 Å². The van der Waals surface area contributed by atoms with E-state index in [1.54, 1.807) is 0 Å². The topological polar surface area (TPSA) is 49.5 Å². The molecule has 1 heterocycles. The minimum atomic E-state index is -0.524. The Morgan fingerprint density at radius 2 is 1.53 bits per heavy atom. The van der Waals surface area contributed by atoms with Gasteiger partial charge in [0.15, 0.2) is 0 Å². The molecule has 0 amide bonds. The Morgan fingerprint density at radius 1 is 0.895 bits per heavy atom. The maximum absolute atomic E-state index is 11.4. The van der Waals surface area contributed by atoms with Crippen LogP contribution in [0.25, 0.3) is 0 Å². The van der Waals surface area contributed by atoms with Gasteiger partial charge in [-0.15, -0.1) is 0 Å². The van der Waals surface area contributed by atoms with E-state index in [9.17, 15) is 5.11 Å². The lowest BCUT2D eigenvalue weighted by atomic mass is 9.62. The van der Waals surface area contributed by atoms with Crippen molar-refractivity contribution < 1.29 is 5.11 Å². The second-order valence-corrected chi connectivity index (χ2v) is 6.94. The molecule has 2 rings (SSSR count). The molecule has 0 bridgehead atoms. The monoisotopic (exact) mass is 268 g/mol. The Labute approximate surface area is 118 Å². The summed E-state index contributed by atoms with van der Waals surface area (Å²) in [5.41, 5.74) is 5.65. The molecule has 1 atom stereocenters. The second kappa shape index (κ2) is 6.55. The van der Waals surface area contributed by atoms with Crippen molar-refractivity contribution in [2.24, 2.45) is 11.1 Å². The van der Waals surface area contributed by atoms with Crippen LogP contribution in [0.2, 0.25) is 0 Å². The van der Waals surface area contributed by atoms with E-state index in [1.165, 1.54) is 32.1 Å². The highest BCUT2D eigenvalue weighted by atomic mass is 16.3. The maximum atomic E-state index is 11.4. The minimum absolute atomic E-state index is 0.0153. The average molecular weight is 268 g/mol. The summed E-state index contributed by atoms with van der Waals surface area (Å²) in [4.78, 5) is 2.35. The van der Waals surface area contributed by atoms with Gasteiger partial charge in [0.25, 0.3) is 0 Å². The molecule has 0 aromatic heterocycles. The van der Waals surface area contributed by atoms with Gasteiger partial charge in [-0.2, -0.15) is 0 Å². The molecule has 0 spiro atoms. The van der Waals surface area contributed by atoms with Gasteiger partial charge in [-0.3, -0.25) is 0 Å². The van der Waals surface area contributed by atoms with E-state index in [1.807, 2.05) is 0 Å². The highest BCUT2D eigenvalue weighted by Gasteiger charge is 2.48. The fourth-order valence-corrected chi connectivity index (χ4v) is 4.23. The van der Waals surface area contributed by atoms with Gasteiger partial charge in [0, 0.05) is 18.5 Å². The minimum Gasteiger partial charge on any atom is -0.389 e. The van der Waals surface area contributed by atoms with E-state index in [0.717, 1.165) is 45.2 Å². The molecule has 3 heteroatoms. The van der Waals surface area contributed by atoms with E-state index < -0.39 is 5.60 Å². The van der Waals surface area contributed by atoms with Gasteiger partial charge < -0.3 is 15.7 Å². The van der Waals surface area contributed by atoms with Gasteiger partial charge in [-0.25, -0.2) is 0 Å². The third-order valence-electron chi connectivity index (χ3n) is 5.73. The molecular weight excluding hydrogens is 236 g/mol. The number of likely N-dealkylation sites (tertiary alicyclic amines) is 1. The van der Waals surface area contributed by atoms with E-state index in [2.05, 4.69) is 11.9 Å². The van der Waals surface area contributed by atoms with Crippen LogP contribution in [0.15, 0.2) is 0 Å². The number of rotatable bonds is 2. The first-order chi connectivity index (χ1) is 9.12. The summed E-state index contributed by atoms with van der Waals surface area (Å²) in [6.07, 6.45) is 11.7. The highest BCUT2D eigenvalue weighted by molar-refractivity contribution is 5.01. The van der Waals surface area contributed by atoms with Gasteiger partial charge >= 0.3 is 0 Å². The molecule has 0 radical (unpaired) electrons. The van der Waals surface area contributed by atoms with Crippen LogP contribution >= 0.6 is 0 Å². The predicted molar refractivity (Wildman–Crippen MR) is 80.1 cm³/mol. The Balaban J connectivity index is 2.16. The molecule has 3 N–H and O–H groups in total. The van der Waals surface area contributed by atoms with Gasteiger partial charge in [0.2, 0.25) is 0 Å². The summed E-state index contributed by atoms with van der Waals surface area (Å²) in [5.74, 6) is 0. The first-order valence-corrected chi connectivity index (χ1v) is 8.23. The van der Waals surface area contributed by atoms with Crippen molar-refractivity contribution in [3.05, 3.63) is 0 Å². The summed E-state index contributed by atoms with van der Waals surface area (Å²) in [6, 6.07) is 0. The quantitative estimate of drug-likeness (QED) is 0.809. The molecular formula is C16H32N2O. The van der Waals surface area contributed by atoms with Crippen molar-refractivity contribution >= 4 is 0 Å². The first kappa shape index (κ1) is 15.3. The fourth-order valence-electron chi connectivity index (χ4n) is 4.23. The van der Waals surface area contributed by atoms with Gasteiger partial charge in [0.05, 0.1) is 5.60 Å². The SMILES string of the molecule is CN1CCCC(O)(C2(CN)CCCCCCC2)CC1. The van der Waals surface area contributed by atoms with Crippen LogP contribution in [0.5, 0.6) is 0 Å². The molecule has 2 fully saturated rings. The number of nitrogens with two attached hydrogens (primary N) is 1. The zero-order valence-electron chi connectivity index (χ0n) is 12.7. The van der Waals surface area contributed by atoms with Gasteiger partial charge in [0.1, 0.15) is 0 Å². The summed E-state index contributed by atoms with van der Waals surface area (Å²) < 4.78 is 0. The first-order valence-electron chi connectivity index (χ1n) is 8.23. The Morgan fingerprint density at radius 3 is 2.16 bits per heavy atom. The van der Waals surface area contributed by atoms with E-state index in [0.29, 0.717) is 6.54 Å². The molecule has 2 aliphatic rings. The maximum Gasteiger partial charge on any atom is 0.0728 e. The Hall–Kier alpha value is -0.120. The van der Waals surface area contributed by atoms with Crippen LogP contribution in [0.4, 0.5) is 0 Å². The smallest absolute Gasteiger partial charge is 0.0728 e. The lowest BCUT2D eigenvalue weighted by Crippen LogP contribution is -2.53. The van der Waals surface area contributed by atoms with E-state index >= 15 is 0 Å². The molecule has 1 saturated carbocycles. The largest absolute Gasteiger partial charge is 0.389 e. The van der Waals surface area contributed by atoms with Crippen molar-refractivity contribution in [2.45, 2.75) is 69.8 Å². The molecule has 112 valence electrons. The molecule has 1 unspecified atom stereocenters. The van der Waals surface area contributed by atoms with Crippen molar-refractivity contribution in [2.75, 3.05) is 26.7 Å². The molecule has 3 nitrogen and oxygen atoms in total. The third kappa shape index (κ3) is 3.32. The number of hydrogen-bond donors (Lipinski definition) is 2. The molecule has 0 aromatic rings. The zero-order chi connectivity index (χ0) is 13.8. The van der Waals surface area contributed by atoms with Crippen LogP contribution < -0.4 is 5.73 Å². The predicted octanol–water partition coefficient (Wildman–Crippen LogP) is 2.52. The van der Waals surface area contributed by atoms with E-state index in [4.69, 9.17) is 5.73 Å². The molecule has 1 saturated heterocycles. The lowest BCUT2D eigenvalue weighted by Gasteiger charge is -2.48. The number of hydrogen-bond acceptors (Lipinski definition) is 3. The van der Waals surface area contributed by atoms with Crippen LogP contribution in [-0.2, 0) is 0 Å². The highest BCUT2D eigenvalue weighted by Crippen LogP contribution is 2.47. The fraction of sp³-hybridized carbons (Fsp3) is 1.00.